The van der Waals surface area contributed by atoms with Gasteiger partial charge in [0, 0.05) is 18.7 Å². The molecule has 2 unspecified atom stereocenters. The van der Waals surface area contributed by atoms with Crippen LogP contribution in [0.5, 0.6) is 11.5 Å². The molecule has 3 aromatic carbocycles. The van der Waals surface area contributed by atoms with Crippen LogP contribution in [0.4, 0.5) is 10.5 Å². The van der Waals surface area contributed by atoms with E-state index in [-0.39, 0.29) is 18.1 Å². The maximum atomic E-state index is 14.7. The van der Waals surface area contributed by atoms with Gasteiger partial charge in [-0.1, -0.05) is 56.5 Å². The highest BCUT2D eigenvalue weighted by atomic mass is 16.6. The Kier molecular flexibility index (Phi) is 13.0. The van der Waals surface area contributed by atoms with Crippen LogP contribution >= 0.6 is 0 Å². The maximum Gasteiger partial charge on any atom is 0.408 e. The number of alkyl carbamates (subject to hydrolysis) is 1. The van der Waals surface area contributed by atoms with Crippen LogP contribution in [0.1, 0.15) is 81.7 Å². The van der Waals surface area contributed by atoms with Crippen LogP contribution in [0.2, 0.25) is 0 Å². The Bertz CT molecular complexity index is 1450. The summed E-state index contributed by atoms with van der Waals surface area (Å²) < 4.78 is 10.8. The summed E-state index contributed by atoms with van der Waals surface area (Å²) in [6.07, 6.45) is 2.94. The SMILES string of the molecule is CCCCCCN(C(=O)C(Cc1ccc(O)cc1)NC(=O)OC(C)(C)C)C(C(=O)Nc1ccc(OC)cc1)c1cccc(C)c1C. The van der Waals surface area contributed by atoms with Crippen molar-refractivity contribution in [2.24, 2.45) is 0 Å². The summed E-state index contributed by atoms with van der Waals surface area (Å²) in [7, 11) is 1.58. The van der Waals surface area contributed by atoms with Gasteiger partial charge in [0.1, 0.15) is 29.2 Å². The van der Waals surface area contributed by atoms with E-state index in [2.05, 4.69) is 17.6 Å². The minimum Gasteiger partial charge on any atom is -0.508 e. The van der Waals surface area contributed by atoms with E-state index in [0.717, 1.165) is 36.0 Å². The quantitative estimate of drug-likeness (QED) is 0.162. The number of carbonyl (C=O) groups excluding carboxylic acids is 3. The van der Waals surface area contributed by atoms with Crippen LogP contribution in [-0.4, -0.2) is 53.2 Å². The van der Waals surface area contributed by atoms with E-state index in [4.69, 9.17) is 9.47 Å². The Hall–Kier alpha value is -4.53. The molecule has 0 aliphatic carbocycles. The lowest BCUT2D eigenvalue weighted by Gasteiger charge is -2.35. The van der Waals surface area contributed by atoms with Gasteiger partial charge in [-0.2, -0.15) is 0 Å². The third-order valence-corrected chi connectivity index (χ3v) is 7.76. The summed E-state index contributed by atoms with van der Waals surface area (Å²) in [6.45, 7) is 11.6. The molecule has 3 amide bonds. The summed E-state index contributed by atoms with van der Waals surface area (Å²) in [5.74, 6) is -0.0360. The van der Waals surface area contributed by atoms with Crippen molar-refractivity contribution in [2.45, 2.75) is 91.3 Å². The number of carbonyl (C=O) groups is 3. The highest BCUT2D eigenvalue weighted by Crippen LogP contribution is 2.30. The molecule has 248 valence electrons. The van der Waals surface area contributed by atoms with Crippen LogP contribution in [0.25, 0.3) is 0 Å². The van der Waals surface area contributed by atoms with E-state index in [0.29, 0.717) is 30.0 Å². The van der Waals surface area contributed by atoms with Crippen molar-refractivity contribution in [3.05, 3.63) is 89.0 Å². The number of aryl methyl sites for hydroxylation is 1. The van der Waals surface area contributed by atoms with Crippen molar-refractivity contribution in [2.75, 3.05) is 19.0 Å². The van der Waals surface area contributed by atoms with Gasteiger partial charge in [-0.15, -0.1) is 0 Å². The first-order chi connectivity index (χ1) is 21.8. The van der Waals surface area contributed by atoms with E-state index in [1.807, 2.05) is 32.0 Å². The second kappa shape index (κ2) is 16.7. The molecular formula is C37H49N3O6. The average Bonchev–Trinajstić information content (AvgIpc) is 3.00. The fraction of sp³-hybridized carbons (Fsp3) is 0.432. The van der Waals surface area contributed by atoms with Gasteiger partial charge in [0.15, 0.2) is 0 Å². The first kappa shape index (κ1) is 35.9. The number of amides is 3. The summed E-state index contributed by atoms with van der Waals surface area (Å²) in [4.78, 5) is 43.7. The Labute approximate surface area is 273 Å². The van der Waals surface area contributed by atoms with Crippen LogP contribution in [-0.2, 0) is 20.7 Å². The molecule has 0 saturated heterocycles. The molecule has 9 nitrogen and oxygen atoms in total. The van der Waals surface area contributed by atoms with E-state index >= 15 is 0 Å². The number of rotatable bonds is 14. The van der Waals surface area contributed by atoms with E-state index in [1.165, 1.54) is 12.1 Å². The van der Waals surface area contributed by atoms with Crippen molar-refractivity contribution in [1.82, 2.24) is 10.2 Å². The summed E-state index contributed by atoms with van der Waals surface area (Å²) in [6, 6.07) is 17.2. The number of anilines is 1. The minimum atomic E-state index is -1.05. The van der Waals surface area contributed by atoms with E-state index < -0.39 is 29.7 Å². The number of aromatic hydroxyl groups is 1. The number of nitrogens with one attached hydrogen (secondary N) is 2. The Morgan fingerprint density at radius 1 is 0.913 bits per heavy atom. The fourth-order valence-electron chi connectivity index (χ4n) is 5.20. The molecule has 2 atom stereocenters. The zero-order valence-corrected chi connectivity index (χ0v) is 28.2. The standard InChI is InChI=1S/C37H49N3O6/c1-8-9-10-11-23-40(35(43)32(39-36(44)46-37(4,5)6)24-27-15-19-29(41)20-16-27)33(31-14-12-13-25(2)26(31)3)34(42)38-28-17-21-30(45-7)22-18-28/h12-22,32-33,41H,8-11,23-24H2,1-7H3,(H,38,42)(H,39,44). The third kappa shape index (κ3) is 10.5. The normalized spacial score (nSPS) is 12.5. The second-order valence-electron chi connectivity index (χ2n) is 12.6. The van der Waals surface area contributed by atoms with Crippen LogP contribution in [0, 0.1) is 13.8 Å². The molecule has 0 aromatic heterocycles. The van der Waals surface area contributed by atoms with Gasteiger partial charge in [0.2, 0.25) is 5.91 Å². The zero-order chi connectivity index (χ0) is 33.9. The number of benzene rings is 3. The van der Waals surface area contributed by atoms with Crippen LogP contribution in [0.15, 0.2) is 66.7 Å². The number of unbranched alkanes of at least 4 members (excludes halogenated alkanes) is 3. The lowest BCUT2D eigenvalue weighted by atomic mass is 9.94. The number of hydrogen-bond donors (Lipinski definition) is 3. The number of hydrogen-bond acceptors (Lipinski definition) is 6. The number of phenols is 1. The predicted octanol–water partition coefficient (Wildman–Crippen LogP) is 7.24. The van der Waals surface area contributed by atoms with Crippen molar-refractivity contribution in [3.8, 4) is 11.5 Å². The second-order valence-corrected chi connectivity index (χ2v) is 12.6. The molecule has 0 bridgehead atoms. The molecule has 3 N–H and O–H groups in total. The van der Waals surface area contributed by atoms with Gasteiger partial charge < -0.3 is 30.1 Å². The number of phenolic OH excluding ortho intramolecular Hbond substituents is 1. The van der Waals surface area contributed by atoms with E-state index in [9.17, 15) is 19.5 Å². The van der Waals surface area contributed by atoms with E-state index in [1.54, 1.807) is 69.2 Å². The molecule has 46 heavy (non-hydrogen) atoms. The topological polar surface area (TPSA) is 117 Å². The molecule has 0 heterocycles. The lowest BCUT2D eigenvalue weighted by molar-refractivity contribution is -0.140. The zero-order valence-electron chi connectivity index (χ0n) is 28.2. The highest BCUT2D eigenvalue weighted by Gasteiger charge is 2.37. The third-order valence-electron chi connectivity index (χ3n) is 7.76. The van der Waals surface area contributed by atoms with Crippen molar-refractivity contribution >= 4 is 23.6 Å². The minimum absolute atomic E-state index is 0.0921. The summed E-state index contributed by atoms with van der Waals surface area (Å²) in [5.41, 5.74) is 3.10. The Balaban J connectivity index is 2.11. The molecule has 9 heteroatoms. The molecule has 0 radical (unpaired) electrons. The van der Waals surface area contributed by atoms with Crippen molar-refractivity contribution in [3.63, 3.8) is 0 Å². The first-order valence-electron chi connectivity index (χ1n) is 15.9. The highest BCUT2D eigenvalue weighted by molar-refractivity contribution is 5.99. The molecule has 3 rings (SSSR count). The fourth-order valence-corrected chi connectivity index (χ4v) is 5.20. The largest absolute Gasteiger partial charge is 0.508 e. The van der Waals surface area contributed by atoms with Gasteiger partial charge in [0.05, 0.1) is 7.11 Å². The smallest absolute Gasteiger partial charge is 0.408 e. The molecule has 0 spiro atoms. The lowest BCUT2D eigenvalue weighted by Crippen LogP contribution is -2.53. The molecule has 0 aliphatic heterocycles. The van der Waals surface area contributed by atoms with Crippen molar-refractivity contribution in [1.29, 1.82) is 0 Å². The maximum absolute atomic E-state index is 14.7. The Morgan fingerprint density at radius 3 is 2.20 bits per heavy atom. The number of methoxy groups -OCH3 is 1. The van der Waals surface area contributed by atoms with Gasteiger partial charge in [0.25, 0.3) is 5.91 Å². The van der Waals surface area contributed by atoms with Gasteiger partial charge in [-0.25, -0.2) is 4.79 Å². The van der Waals surface area contributed by atoms with Crippen LogP contribution < -0.4 is 15.4 Å². The predicted molar refractivity (Wildman–Crippen MR) is 181 cm³/mol. The number of ether oxygens (including phenoxy) is 2. The molecule has 3 aromatic rings. The summed E-state index contributed by atoms with van der Waals surface area (Å²) >= 11 is 0. The Morgan fingerprint density at radius 2 is 1.59 bits per heavy atom. The molecular weight excluding hydrogens is 582 g/mol. The average molecular weight is 632 g/mol. The monoisotopic (exact) mass is 631 g/mol. The van der Waals surface area contributed by atoms with Crippen LogP contribution in [0.3, 0.4) is 0 Å². The summed E-state index contributed by atoms with van der Waals surface area (Å²) in [5, 5.41) is 15.6. The van der Waals surface area contributed by atoms with Gasteiger partial charge >= 0.3 is 6.09 Å². The number of nitrogens with zero attached hydrogens (tertiary/aromatic N) is 1. The molecule has 0 aliphatic rings. The van der Waals surface area contributed by atoms with Gasteiger partial charge in [-0.3, -0.25) is 9.59 Å². The molecule has 0 saturated carbocycles. The molecule has 0 fully saturated rings. The van der Waals surface area contributed by atoms with Gasteiger partial charge in [-0.05, 0) is 99.7 Å². The first-order valence-corrected chi connectivity index (χ1v) is 15.9. The van der Waals surface area contributed by atoms with Crippen molar-refractivity contribution < 1.29 is 29.0 Å².